The molecule has 1 amide bonds. The molecule has 3 rings (SSSR count). The van der Waals surface area contributed by atoms with E-state index in [0.29, 0.717) is 29.5 Å². The van der Waals surface area contributed by atoms with Crippen molar-refractivity contribution in [3.8, 4) is 11.5 Å². The third kappa shape index (κ3) is 4.67. The molecule has 2 aromatic rings. The summed E-state index contributed by atoms with van der Waals surface area (Å²) in [6.45, 7) is 0.381. The van der Waals surface area contributed by atoms with Crippen molar-refractivity contribution in [2.45, 2.75) is 31.8 Å². The van der Waals surface area contributed by atoms with Crippen molar-refractivity contribution >= 4 is 47.4 Å². The highest BCUT2D eigenvalue weighted by Gasteiger charge is 2.25. The van der Waals surface area contributed by atoms with Gasteiger partial charge >= 0.3 is 0 Å². The normalized spacial score (nSPS) is 14.1. The average molecular weight is 441 g/mol. The zero-order chi connectivity index (χ0) is 20.1. The number of benzene rings is 1. The summed E-state index contributed by atoms with van der Waals surface area (Å²) in [6, 6.07) is 5.43. The first-order chi connectivity index (χ1) is 13.5. The summed E-state index contributed by atoms with van der Waals surface area (Å²) in [5.41, 5.74) is 0.881. The van der Waals surface area contributed by atoms with Crippen molar-refractivity contribution in [1.29, 1.82) is 0 Å². The SMILES string of the molecule is COc1ccc(N(CCS)C(=O)c2c(Cl)cncc2Cl)cc1OC1CCCC1. The number of nitrogens with zero attached hydrogens (tertiary/aromatic N) is 2. The van der Waals surface area contributed by atoms with E-state index in [4.69, 9.17) is 32.7 Å². The molecule has 0 unspecified atom stereocenters. The first kappa shape index (κ1) is 21.1. The molecule has 0 atom stereocenters. The van der Waals surface area contributed by atoms with Gasteiger partial charge in [0.1, 0.15) is 0 Å². The molecule has 8 heteroatoms. The van der Waals surface area contributed by atoms with Gasteiger partial charge in [-0.3, -0.25) is 9.78 Å². The molecule has 1 aromatic carbocycles. The summed E-state index contributed by atoms with van der Waals surface area (Å²) in [5.74, 6) is 1.41. The molecule has 28 heavy (non-hydrogen) atoms. The maximum atomic E-state index is 13.2. The van der Waals surface area contributed by atoms with Gasteiger partial charge in [-0.25, -0.2) is 0 Å². The summed E-state index contributed by atoms with van der Waals surface area (Å²) in [7, 11) is 1.60. The van der Waals surface area contributed by atoms with Crippen LogP contribution in [-0.2, 0) is 0 Å². The number of halogens is 2. The van der Waals surface area contributed by atoms with Gasteiger partial charge in [0.2, 0.25) is 0 Å². The number of pyridine rings is 1. The minimum absolute atomic E-state index is 0.169. The lowest BCUT2D eigenvalue weighted by Crippen LogP contribution is -2.33. The second kappa shape index (κ2) is 9.72. The molecule has 1 heterocycles. The smallest absolute Gasteiger partial charge is 0.261 e. The Labute approximate surface area is 180 Å². The fourth-order valence-corrected chi connectivity index (χ4v) is 4.04. The first-order valence-corrected chi connectivity index (χ1v) is 10.5. The standard InChI is InChI=1S/C20H22Cl2N2O3S/c1-26-17-7-6-13(10-18(17)27-14-4-2-3-5-14)24(8-9-28)20(25)19-15(21)11-23-12-16(19)22/h6-7,10-12,14,28H,2-5,8-9H2,1H3. The van der Waals surface area contributed by atoms with Crippen molar-refractivity contribution in [1.82, 2.24) is 4.98 Å². The largest absolute Gasteiger partial charge is 0.493 e. The lowest BCUT2D eigenvalue weighted by molar-refractivity contribution is 0.0988. The van der Waals surface area contributed by atoms with Gasteiger partial charge in [0, 0.05) is 36.4 Å². The summed E-state index contributed by atoms with van der Waals surface area (Å²) in [5, 5.41) is 0.412. The van der Waals surface area contributed by atoms with Crippen molar-refractivity contribution in [3.05, 3.63) is 46.2 Å². The molecule has 1 aliphatic rings. The summed E-state index contributed by atoms with van der Waals surface area (Å²) in [6.07, 6.45) is 7.35. The number of anilines is 1. The van der Waals surface area contributed by atoms with E-state index < -0.39 is 0 Å². The van der Waals surface area contributed by atoms with E-state index in [-0.39, 0.29) is 27.6 Å². The monoisotopic (exact) mass is 440 g/mol. The molecular weight excluding hydrogens is 419 g/mol. The number of hydrogen-bond acceptors (Lipinski definition) is 5. The summed E-state index contributed by atoms with van der Waals surface area (Å²) >= 11 is 16.7. The Kier molecular flexibility index (Phi) is 7.32. The Hall–Kier alpha value is -1.63. The van der Waals surface area contributed by atoms with E-state index in [9.17, 15) is 4.79 Å². The number of hydrogen-bond donors (Lipinski definition) is 1. The van der Waals surface area contributed by atoms with Gasteiger partial charge in [0.05, 0.1) is 28.8 Å². The van der Waals surface area contributed by atoms with Crippen LogP contribution < -0.4 is 14.4 Å². The highest BCUT2D eigenvalue weighted by molar-refractivity contribution is 7.80. The van der Waals surface area contributed by atoms with Crippen molar-refractivity contribution in [3.63, 3.8) is 0 Å². The van der Waals surface area contributed by atoms with Crippen LogP contribution in [0.25, 0.3) is 0 Å². The Morgan fingerprint density at radius 1 is 1.21 bits per heavy atom. The summed E-state index contributed by atoms with van der Waals surface area (Å²) < 4.78 is 11.6. The third-order valence-corrected chi connectivity index (χ3v) is 5.46. The molecule has 0 bridgehead atoms. The zero-order valence-corrected chi connectivity index (χ0v) is 17.9. The Balaban J connectivity index is 1.96. The van der Waals surface area contributed by atoms with Crippen LogP contribution in [0, 0.1) is 0 Å². The van der Waals surface area contributed by atoms with E-state index in [2.05, 4.69) is 17.6 Å². The number of carbonyl (C=O) groups excluding carboxylic acids is 1. The number of thiol groups is 1. The molecule has 1 aliphatic carbocycles. The summed E-state index contributed by atoms with van der Waals surface area (Å²) in [4.78, 5) is 18.7. The second-order valence-corrected chi connectivity index (χ2v) is 7.78. The molecule has 1 aromatic heterocycles. The highest BCUT2D eigenvalue weighted by Crippen LogP contribution is 2.36. The number of carbonyl (C=O) groups is 1. The fraction of sp³-hybridized carbons (Fsp3) is 0.400. The molecule has 1 saturated carbocycles. The van der Waals surface area contributed by atoms with E-state index >= 15 is 0 Å². The quantitative estimate of drug-likeness (QED) is 0.593. The van der Waals surface area contributed by atoms with Crippen LogP contribution in [0.5, 0.6) is 11.5 Å². The number of amides is 1. The van der Waals surface area contributed by atoms with E-state index in [1.54, 1.807) is 18.1 Å². The molecule has 0 spiro atoms. The Morgan fingerprint density at radius 3 is 2.50 bits per heavy atom. The molecule has 0 saturated heterocycles. The molecule has 1 fully saturated rings. The molecule has 150 valence electrons. The van der Waals surface area contributed by atoms with Gasteiger partial charge in [0.25, 0.3) is 5.91 Å². The molecule has 0 N–H and O–H groups in total. The topological polar surface area (TPSA) is 51.7 Å². The van der Waals surface area contributed by atoms with Gasteiger partial charge < -0.3 is 14.4 Å². The minimum Gasteiger partial charge on any atom is -0.493 e. The maximum Gasteiger partial charge on any atom is 0.261 e. The van der Waals surface area contributed by atoms with Crippen molar-refractivity contribution in [2.75, 3.05) is 24.3 Å². The molecule has 5 nitrogen and oxygen atoms in total. The number of aromatic nitrogens is 1. The van der Waals surface area contributed by atoms with Crippen LogP contribution >= 0.6 is 35.8 Å². The molecule has 0 aliphatic heterocycles. The first-order valence-electron chi connectivity index (χ1n) is 9.11. The zero-order valence-electron chi connectivity index (χ0n) is 15.5. The van der Waals surface area contributed by atoms with Crippen LogP contribution in [0.15, 0.2) is 30.6 Å². The maximum absolute atomic E-state index is 13.2. The van der Waals surface area contributed by atoms with Gasteiger partial charge in [-0.1, -0.05) is 23.2 Å². The van der Waals surface area contributed by atoms with Gasteiger partial charge in [-0.2, -0.15) is 12.6 Å². The Morgan fingerprint density at radius 2 is 1.89 bits per heavy atom. The Bertz CT molecular complexity index is 824. The van der Waals surface area contributed by atoms with Gasteiger partial charge in [0.15, 0.2) is 11.5 Å². The van der Waals surface area contributed by atoms with Gasteiger partial charge in [-0.05, 0) is 37.8 Å². The lowest BCUT2D eigenvalue weighted by atomic mass is 10.2. The number of methoxy groups -OCH3 is 1. The molecular formula is C20H22Cl2N2O3S. The van der Waals surface area contributed by atoms with Gasteiger partial charge in [-0.15, -0.1) is 0 Å². The third-order valence-electron chi connectivity index (χ3n) is 4.69. The number of ether oxygens (including phenoxy) is 2. The van der Waals surface area contributed by atoms with E-state index in [1.165, 1.54) is 12.4 Å². The van der Waals surface area contributed by atoms with Crippen LogP contribution in [-0.4, -0.2) is 36.4 Å². The van der Waals surface area contributed by atoms with Crippen LogP contribution in [0.2, 0.25) is 10.0 Å². The van der Waals surface area contributed by atoms with E-state index in [0.717, 1.165) is 25.7 Å². The second-order valence-electron chi connectivity index (χ2n) is 6.52. The van der Waals surface area contributed by atoms with Crippen LogP contribution in [0.1, 0.15) is 36.0 Å². The van der Waals surface area contributed by atoms with E-state index in [1.807, 2.05) is 12.1 Å². The predicted octanol–water partition coefficient (Wildman–Crippen LogP) is 5.30. The minimum atomic E-state index is -0.316. The highest BCUT2D eigenvalue weighted by atomic mass is 35.5. The molecule has 0 radical (unpaired) electrons. The number of rotatable bonds is 7. The lowest BCUT2D eigenvalue weighted by Gasteiger charge is -2.25. The van der Waals surface area contributed by atoms with Crippen molar-refractivity contribution < 1.29 is 14.3 Å². The average Bonchev–Trinajstić information content (AvgIpc) is 3.19. The predicted molar refractivity (Wildman–Crippen MR) is 116 cm³/mol. The fourth-order valence-electron chi connectivity index (χ4n) is 3.31. The van der Waals surface area contributed by atoms with Crippen LogP contribution in [0.3, 0.4) is 0 Å². The van der Waals surface area contributed by atoms with Crippen LogP contribution in [0.4, 0.5) is 5.69 Å². The van der Waals surface area contributed by atoms with Crippen molar-refractivity contribution in [2.24, 2.45) is 0 Å².